The van der Waals surface area contributed by atoms with E-state index in [9.17, 15) is 4.79 Å². The van der Waals surface area contributed by atoms with Crippen LogP contribution in [0.2, 0.25) is 0 Å². The lowest BCUT2D eigenvalue weighted by Crippen LogP contribution is -2.06. The Kier molecular flexibility index (Phi) is 4.35. The summed E-state index contributed by atoms with van der Waals surface area (Å²) in [7, 11) is 1.26. The summed E-state index contributed by atoms with van der Waals surface area (Å²) >= 11 is 0. The van der Waals surface area contributed by atoms with Crippen LogP contribution in [0.5, 0.6) is 0 Å². The number of nitrogen functional groups attached to an aromatic ring is 1. The summed E-state index contributed by atoms with van der Waals surface area (Å²) < 4.78 is 10.2. The normalized spacial score (nSPS) is 9.56. The number of carbonyl (C=O) groups excluding carboxylic acids is 1. The van der Waals surface area contributed by atoms with Crippen molar-refractivity contribution >= 4 is 11.8 Å². The average Bonchev–Trinajstić information content (AvgIpc) is 2.97. The minimum Gasteiger partial charge on any atom is -0.464 e. The summed E-state index contributed by atoms with van der Waals surface area (Å²) in [5, 5.41) is 14.3. The molecule has 0 amide bonds. The third-order valence-electron chi connectivity index (χ3n) is 1.97. The molecule has 0 aliphatic rings. The quantitative estimate of drug-likeness (QED) is 0.762. The summed E-state index contributed by atoms with van der Waals surface area (Å²) in [6.45, 7) is 5.63. The number of anilines is 1. The van der Waals surface area contributed by atoms with Crippen LogP contribution in [0.25, 0.3) is 5.82 Å². The zero-order valence-corrected chi connectivity index (χ0v) is 10.5. The van der Waals surface area contributed by atoms with Crippen LogP contribution in [0.15, 0.2) is 4.63 Å². The van der Waals surface area contributed by atoms with Gasteiger partial charge in [-0.3, -0.25) is 0 Å². The van der Waals surface area contributed by atoms with Gasteiger partial charge in [0.1, 0.15) is 0 Å². The number of methoxy groups -OCH3 is 1. The van der Waals surface area contributed by atoms with Crippen molar-refractivity contribution in [3.05, 3.63) is 11.4 Å². The molecule has 9 heteroatoms. The summed E-state index contributed by atoms with van der Waals surface area (Å²) in [5.41, 5.74) is 6.01. The molecule has 2 rings (SSSR count). The van der Waals surface area contributed by atoms with E-state index in [1.807, 2.05) is 13.8 Å². The molecule has 9 nitrogen and oxygen atoms in total. The largest absolute Gasteiger partial charge is 0.464 e. The number of carbonyl (C=O) groups is 1. The first-order chi connectivity index (χ1) is 8.65. The van der Waals surface area contributed by atoms with Crippen molar-refractivity contribution < 1.29 is 14.2 Å². The van der Waals surface area contributed by atoms with Gasteiger partial charge in [0, 0.05) is 0 Å². The van der Waals surface area contributed by atoms with E-state index >= 15 is 0 Å². The zero-order chi connectivity index (χ0) is 13.7. The molecule has 0 aromatic carbocycles. The Bertz CT molecular complexity index is 532. The van der Waals surface area contributed by atoms with Gasteiger partial charge in [0.05, 0.1) is 12.8 Å². The molecule has 0 aliphatic carbocycles. The molecule has 0 spiro atoms. The second-order valence-corrected chi connectivity index (χ2v) is 2.90. The van der Waals surface area contributed by atoms with E-state index in [0.717, 1.165) is 0 Å². The maximum absolute atomic E-state index is 11.3. The lowest BCUT2D eigenvalue weighted by atomic mass is 10.3. The van der Waals surface area contributed by atoms with Gasteiger partial charge in [-0.25, -0.2) is 9.42 Å². The van der Waals surface area contributed by atoms with Crippen molar-refractivity contribution in [1.82, 2.24) is 25.3 Å². The van der Waals surface area contributed by atoms with Crippen LogP contribution in [-0.4, -0.2) is 38.4 Å². The van der Waals surface area contributed by atoms with E-state index < -0.39 is 5.97 Å². The molecule has 0 saturated heterocycles. The summed E-state index contributed by atoms with van der Waals surface area (Å²) in [6, 6.07) is 0. The third-order valence-corrected chi connectivity index (χ3v) is 1.97. The Labute approximate surface area is 103 Å². The SMILES string of the molecule is CC.COC(=O)c1nnn(-c2nonc2N)c1C. The van der Waals surface area contributed by atoms with Gasteiger partial charge in [-0.05, 0) is 17.2 Å². The third kappa shape index (κ3) is 2.29. The minimum absolute atomic E-state index is 0.0596. The van der Waals surface area contributed by atoms with Crippen molar-refractivity contribution in [1.29, 1.82) is 0 Å². The zero-order valence-electron chi connectivity index (χ0n) is 10.5. The van der Waals surface area contributed by atoms with Crippen LogP contribution in [0.1, 0.15) is 30.0 Å². The molecule has 2 N–H and O–H groups in total. The molecule has 2 aromatic heterocycles. The van der Waals surface area contributed by atoms with E-state index in [1.54, 1.807) is 6.92 Å². The predicted molar refractivity (Wildman–Crippen MR) is 61.1 cm³/mol. The van der Waals surface area contributed by atoms with Crippen molar-refractivity contribution in [2.75, 3.05) is 12.8 Å². The van der Waals surface area contributed by atoms with Gasteiger partial charge >= 0.3 is 5.97 Å². The van der Waals surface area contributed by atoms with Crippen LogP contribution < -0.4 is 5.73 Å². The van der Waals surface area contributed by atoms with E-state index in [4.69, 9.17) is 5.73 Å². The van der Waals surface area contributed by atoms with Gasteiger partial charge in [0.25, 0.3) is 0 Å². The molecule has 0 radical (unpaired) electrons. The number of ether oxygens (including phenoxy) is 1. The van der Waals surface area contributed by atoms with Crippen LogP contribution in [0.4, 0.5) is 5.82 Å². The fourth-order valence-corrected chi connectivity index (χ4v) is 1.15. The monoisotopic (exact) mass is 254 g/mol. The van der Waals surface area contributed by atoms with Crippen LogP contribution >= 0.6 is 0 Å². The van der Waals surface area contributed by atoms with E-state index in [0.29, 0.717) is 5.69 Å². The van der Waals surface area contributed by atoms with E-state index in [2.05, 4.69) is 30.0 Å². The van der Waals surface area contributed by atoms with Gasteiger partial charge in [-0.2, -0.15) is 4.68 Å². The highest BCUT2D eigenvalue weighted by Gasteiger charge is 2.20. The lowest BCUT2D eigenvalue weighted by Gasteiger charge is -1.97. The standard InChI is InChI=1S/C7H8N6O3.C2H6/c1-3-4(7(14)15-2)9-12-13(3)6-5(8)10-16-11-6;1-2/h1-2H3,(H2,8,10);1-2H3. The lowest BCUT2D eigenvalue weighted by molar-refractivity contribution is 0.0593. The van der Waals surface area contributed by atoms with Crippen molar-refractivity contribution in [2.45, 2.75) is 20.8 Å². The Hall–Kier alpha value is -2.45. The van der Waals surface area contributed by atoms with Gasteiger partial charge in [0.2, 0.25) is 11.6 Å². The molecule has 2 heterocycles. The number of esters is 1. The maximum atomic E-state index is 11.3. The Morgan fingerprint density at radius 3 is 2.56 bits per heavy atom. The molecule has 0 fully saturated rings. The summed E-state index contributed by atoms with van der Waals surface area (Å²) in [5.74, 6) is -0.344. The molecule has 0 aliphatic heterocycles. The molecular weight excluding hydrogens is 240 g/mol. The van der Waals surface area contributed by atoms with E-state index in [-0.39, 0.29) is 17.3 Å². The van der Waals surface area contributed by atoms with Crippen LogP contribution in [-0.2, 0) is 4.74 Å². The highest BCUT2D eigenvalue weighted by atomic mass is 16.6. The van der Waals surface area contributed by atoms with Crippen molar-refractivity contribution in [3.63, 3.8) is 0 Å². The Morgan fingerprint density at radius 2 is 2.06 bits per heavy atom. The molecule has 0 atom stereocenters. The van der Waals surface area contributed by atoms with Crippen molar-refractivity contribution in [3.8, 4) is 5.82 Å². The molecule has 18 heavy (non-hydrogen) atoms. The van der Waals surface area contributed by atoms with Crippen molar-refractivity contribution in [2.24, 2.45) is 0 Å². The average molecular weight is 254 g/mol. The smallest absolute Gasteiger partial charge is 0.360 e. The number of hydrogen-bond acceptors (Lipinski definition) is 8. The highest BCUT2D eigenvalue weighted by Crippen LogP contribution is 2.14. The van der Waals surface area contributed by atoms with Gasteiger partial charge in [-0.15, -0.1) is 5.10 Å². The summed E-state index contributed by atoms with van der Waals surface area (Å²) in [4.78, 5) is 11.3. The van der Waals surface area contributed by atoms with Crippen LogP contribution in [0, 0.1) is 6.92 Å². The molecule has 0 unspecified atom stereocenters. The molecule has 98 valence electrons. The minimum atomic E-state index is -0.584. The Morgan fingerprint density at radius 1 is 1.39 bits per heavy atom. The van der Waals surface area contributed by atoms with E-state index in [1.165, 1.54) is 11.8 Å². The summed E-state index contributed by atoms with van der Waals surface area (Å²) in [6.07, 6.45) is 0. The first kappa shape index (κ1) is 13.6. The number of nitrogens with two attached hydrogens (primary N) is 1. The second kappa shape index (κ2) is 5.75. The maximum Gasteiger partial charge on any atom is 0.360 e. The van der Waals surface area contributed by atoms with Gasteiger partial charge in [-0.1, -0.05) is 19.1 Å². The first-order valence-electron chi connectivity index (χ1n) is 5.24. The molecule has 0 saturated carbocycles. The molecule has 2 aromatic rings. The van der Waals surface area contributed by atoms with Crippen LogP contribution in [0.3, 0.4) is 0 Å². The number of hydrogen-bond donors (Lipinski definition) is 1. The predicted octanol–water partition coefficient (Wildman–Crippen LogP) is 0.354. The molecular formula is C9H14N6O3. The van der Waals surface area contributed by atoms with Gasteiger partial charge < -0.3 is 10.5 Å². The fourth-order valence-electron chi connectivity index (χ4n) is 1.15. The second-order valence-electron chi connectivity index (χ2n) is 2.90. The number of nitrogens with zero attached hydrogens (tertiary/aromatic N) is 5. The number of rotatable bonds is 2. The Balaban J connectivity index is 0.000000771. The fraction of sp³-hybridized carbons (Fsp3) is 0.444. The topological polar surface area (TPSA) is 122 Å². The molecule has 0 bridgehead atoms. The first-order valence-corrected chi connectivity index (χ1v) is 5.24. The van der Waals surface area contributed by atoms with Gasteiger partial charge in [0.15, 0.2) is 5.69 Å². The number of aromatic nitrogens is 5. The highest BCUT2D eigenvalue weighted by molar-refractivity contribution is 5.88.